The maximum Gasteiger partial charge on any atom is 0.416 e. The summed E-state index contributed by atoms with van der Waals surface area (Å²) in [4.78, 5) is 21.7. The van der Waals surface area contributed by atoms with Crippen molar-refractivity contribution in [1.29, 1.82) is 0 Å². The lowest BCUT2D eigenvalue weighted by molar-refractivity contribution is -0.145. The first kappa shape index (κ1) is 17.6. The number of ether oxygens (including phenoxy) is 1. The van der Waals surface area contributed by atoms with E-state index in [-0.39, 0.29) is 18.8 Å². The fourth-order valence-corrected chi connectivity index (χ4v) is 2.22. The monoisotopic (exact) mass is 320 g/mol. The lowest BCUT2D eigenvalue weighted by atomic mass is 10.1. The van der Waals surface area contributed by atoms with Crippen molar-refractivity contribution in [3.05, 3.63) is 35.4 Å². The Balaban J connectivity index is 2.24. The van der Waals surface area contributed by atoms with E-state index in [1.165, 1.54) is 30.8 Å². The highest BCUT2D eigenvalue weighted by molar-refractivity contribution is 7.98. The van der Waals surface area contributed by atoms with Crippen LogP contribution in [0.3, 0.4) is 0 Å². The fraction of sp³-hybridized carbons (Fsp3) is 0.429. The van der Waals surface area contributed by atoms with Crippen molar-refractivity contribution < 1.29 is 27.5 Å². The standard InChI is InChI=1S/C14H15F3O3S/c1-10(18)8-13(19)20-6-7-21-9-11-2-4-12(5-3-11)14(15,16)17/h2-5H,6-9H2,1H3. The van der Waals surface area contributed by atoms with Gasteiger partial charge in [-0.1, -0.05) is 12.1 Å². The van der Waals surface area contributed by atoms with E-state index in [1.807, 2.05) is 0 Å². The topological polar surface area (TPSA) is 43.4 Å². The Morgan fingerprint density at radius 2 is 1.81 bits per heavy atom. The highest BCUT2D eigenvalue weighted by atomic mass is 32.2. The minimum atomic E-state index is -4.32. The quantitative estimate of drug-likeness (QED) is 0.438. The summed E-state index contributed by atoms with van der Waals surface area (Å²) in [6.07, 6.45) is -4.56. The zero-order valence-electron chi connectivity index (χ0n) is 11.4. The third-order valence-electron chi connectivity index (χ3n) is 2.43. The average Bonchev–Trinajstić information content (AvgIpc) is 2.37. The van der Waals surface area contributed by atoms with E-state index >= 15 is 0 Å². The van der Waals surface area contributed by atoms with Crippen LogP contribution in [0.2, 0.25) is 0 Å². The molecule has 0 aliphatic heterocycles. The molecule has 0 amide bonds. The molecular formula is C14H15F3O3S. The summed E-state index contributed by atoms with van der Waals surface area (Å²) in [6.45, 7) is 1.48. The predicted molar refractivity (Wildman–Crippen MR) is 73.9 cm³/mol. The van der Waals surface area contributed by atoms with Crippen LogP contribution in [0.15, 0.2) is 24.3 Å². The molecule has 0 saturated carbocycles. The molecule has 0 atom stereocenters. The Bertz CT molecular complexity index is 483. The second kappa shape index (κ2) is 8.07. The Hall–Kier alpha value is -1.50. The van der Waals surface area contributed by atoms with Gasteiger partial charge in [0.1, 0.15) is 18.8 Å². The number of halogens is 3. The fourth-order valence-electron chi connectivity index (χ4n) is 1.45. The minimum Gasteiger partial charge on any atom is -0.464 e. The number of carbonyl (C=O) groups is 2. The summed E-state index contributed by atoms with van der Waals surface area (Å²) in [7, 11) is 0. The Labute approximate surface area is 124 Å². The van der Waals surface area contributed by atoms with Gasteiger partial charge in [-0.2, -0.15) is 24.9 Å². The third kappa shape index (κ3) is 7.17. The summed E-state index contributed by atoms with van der Waals surface area (Å²) in [5.74, 6) is 0.239. The number of esters is 1. The van der Waals surface area contributed by atoms with Crippen molar-refractivity contribution in [2.45, 2.75) is 25.3 Å². The number of alkyl halides is 3. The van der Waals surface area contributed by atoms with Gasteiger partial charge < -0.3 is 4.74 Å². The SMILES string of the molecule is CC(=O)CC(=O)OCCSCc1ccc(C(F)(F)F)cc1. The van der Waals surface area contributed by atoms with E-state index in [4.69, 9.17) is 4.74 Å². The number of thioether (sulfide) groups is 1. The largest absolute Gasteiger partial charge is 0.464 e. The molecule has 0 radical (unpaired) electrons. The van der Waals surface area contributed by atoms with Gasteiger partial charge in [0.25, 0.3) is 0 Å². The van der Waals surface area contributed by atoms with Crippen LogP contribution in [0.25, 0.3) is 0 Å². The number of benzene rings is 1. The van der Waals surface area contributed by atoms with Crippen LogP contribution in [0, 0.1) is 0 Å². The van der Waals surface area contributed by atoms with Crippen LogP contribution >= 0.6 is 11.8 Å². The molecule has 0 bridgehead atoms. The highest BCUT2D eigenvalue weighted by Gasteiger charge is 2.29. The average molecular weight is 320 g/mol. The summed E-state index contributed by atoms with van der Waals surface area (Å²) < 4.78 is 41.9. The molecule has 0 heterocycles. The van der Waals surface area contributed by atoms with Crippen LogP contribution < -0.4 is 0 Å². The van der Waals surface area contributed by atoms with Gasteiger partial charge >= 0.3 is 12.1 Å². The molecule has 0 aliphatic carbocycles. The predicted octanol–water partition coefficient (Wildman–Crippen LogP) is 3.46. The van der Waals surface area contributed by atoms with Crippen molar-refractivity contribution in [3.8, 4) is 0 Å². The maximum atomic E-state index is 12.4. The zero-order valence-corrected chi connectivity index (χ0v) is 12.2. The van der Waals surface area contributed by atoms with E-state index in [0.29, 0.717) is 11.5 Å². The van der Waals surface area contributed by atoms with Gasteiger partial charge in [0.2, 0.25) is 0 Å². The molecule has 1 aromatic carbocycles. The van der Waals surface area contributed by atoms with Crippen LogP contribution in [0.4, 0.5) is 13.2 Å². The van der Waals surface area contributed by atoms with Crippen LogP contribution in [0.1, 0.15) is 24.5 Å². The first-order chi connectivity index (χ1) is 9.79. The summed E-state index contributed by atoms with van der Waals surface area (Å²) in [6, 6.07) is 4.95. The van der Waals surface area contributed by atoms with E-state index < -0.39 is 17.7 Å². The van der Waals surface area contributed by atoms with E-state index in [1.54, 1.807) is 0 Å². The van der Waals surface area contributed by atoms with Gasteiger partial charge in [0.05, 0.1) is 5.56 Å². The van der Waals surface area contributed by atoms with Crippen LogP contribution in [-0.4, -0.2) is 24.1 Å². The Morgan fingerprint density at radius 3 is 2.33 bits per heavy atom. The van der Waals surface area contributed by atoms with Gasteiger partial charge in [-0.25, -0.2) is 0 Å². The first-order valence-electron chi connectivity index (χ1n) is 6.18. The molecule has 0 fully saturated rings. The van der Waals surface area contributed by atoms with E-state index in [0.717, 1.165) is 17.7 Å². The van der Waals surface area contributed by atoms with Crippen molar-refractivity contribution in [3.63, 3.8) is 0 Å². The van der Waals surface area contributed by atoms with Gasteiger partial charge in [0, 0.05) is 11.5 Å². The van der Waals surface area contributed by atoms with Crippen LogP contribution in [0.5, 0.6) is 0 Å². The van der Waals surface area contributed by atoms with Crippen molar-refractivity contribution >= 4 is 23.5 Å². The minimum absolute atomic E-state index is 0.178. The first-order valence-corrected chi connectivity index (χ1v) is 7.33. The molecule has 116 valence electrons. The summed E-state index contributed by atoms with van der Waals surface area (Å²) >= 11 is 1.44. The number of Topliss-reactive ketones (excluding diaryl/α,β-unsaturated/α-hetero) is 1. The second-order valence-corrected chi connectivity index (χ2v) is 5.45. The van der Waals surface area contributed by atoms with Crippen molar-refractivity contribution in [2.24, 2.45) is 0 Å². The molecule has 0 N–H and O–H groups in total. The molecule has 1 aromatic rings. The maximum absolute atomic E-state index is 12.4. The van der Waals surface area contributed by atoms with Crippen molar-refractivity contribution in [1.82, 2.24) is 0 Å². The van der Waals surface area contributed by atoms with E-state index in [2.05, 4.69) is 0 Å². The molecule has 0 aromatic heterocycles. The molecule has 7 heteroatoms. The number of hydrogen-bond acceptors (Lipinski definition) is 4. The lowest BCUT2D eigenvalue weighted by Crippen LogP contribution is -2.10. The molecule has 3 nitrogen and oxygen atoms in total. The summed E-state index contributed by atoms with van der Waals surface area (Å²) in [5, 5.41) is 0. The normalized spacial score (nSPS) is 11.2. The van der Waals surface area contributed by atoms with E-state index in [9.17, 15) is 22.8 Å². The van der Waals surface area contributed by atoms with Gasteiger partial charge in [-0.3, -0.25) is 9.59 Å². The number of carbonyl (C=O) groups excluding carboxylic acids is 2. The highest BCUT2D eigenvalue weighted by Crippen LogP contribution is 2.29. The van der Waals surface area contributed by atoms with Gasteiger partial charge in [0.15, 0.2) is 0 Å². The molecule has 21 heavy (non-hydrogen) atoms. The molecule has 0 saturated heterocycles. The Morgan fingerprint density at radius 1 is 1.19 bits per heavy atom. The zero-order chi connectivity index (χ0) is 15.9. The number of ketones is 1. The lowest BCUT2D eigenvalue weighted by Gasteiger charge is -2.07. The molecule has 0 unspecified atom stereocenters. The van der Waals surface area contributed by atoms with Crippen molar-refractivity contribution in [2.75, 3.05) is 12.4 Å². The van der Waals surface area contributed by atoms with Gasteiger partial charge in [-0.15, -0.1) is 0 Å². The molecular weight excluding hydrogens is 305 g/mol. The number of rotatable bonds is 7. The molecule has 1 rings (SSSR count). The number of hydrogen-bond donors (Lipinski definition) is 0. The third-order valence-corrected chi connectivity index (χ3v) is 3.43. The molecule has 0 spiro atoms. The molecule has 0 aliphatic rings. The Kier molecular flexibility index (Phi) is 6.74. The second-order valence-electron chi connectivity index (χ2n) is 4.35. The smallest absolute Gasteiger partial charge is 0.416 e. The van der Waals surface area contributed by atoms with Crippen LogP contribution in [-0.2, 0) is 26.3 Å². The van der Waals surface area contributed by atoms with Gasteiger partial charge in [-0.05, 0) is 24.6 Å². The summed E-state index contributed by atoms with van der Waals surface area (Å²) in [5.41, 5.74) is 0.0949.